The van der Waals surface area contributed by atoms with Crippen LogP contribution in [0.2, 0.25) is 0 Å². The molecule has 10 heteroatoms. The van der Waals surface area contributed by atoms with Crippen molar-refractivity contribution >= 4 is 35.5 Å². The second kappa shape index (κ2) is 8.26. The zero-order valence-electron chi connectivity index (χ0n) is 15.8. The Kier molecular flexibility index (Phi) is 5.94. The number of ether oxygens (including phenoxy) is 2. The molecule has 2 heterocycles. The first-order valence-electron chi connectivity index (χ1n) is 8.75. The molecule has 0 aliphatic carbocycles. The van der Waals surface area contributed by atoms with Gasteiger partial charge in [-0.2, -0.15) is 0 Å². The van der Waals surface area contributed by atoms with Crippen LogP contribution in [-0.2, 0) is 35.1 Å². The number of fused-ring (bicyclic) bond motifs is 1. The Morgan fingerprint density at radius 3 is 2.59 bits per heavy atom. The van der Waals surface area contributed by atoms with Gasteiger partial charge in [-0.1, -0.05) is 42.1 Å². The Bertz CT molecular complexity index is 886. The fourth-order valence-electron chi connectivity index (χ4n) is 3.29. The van der Waals surface area contributed by atoms with E-state index in [9.17, 15) is 24.3 Å². The number of carboxylic acids is 1. The van der Waals surface area contributed by atoms with Crippen LogP contribution in [0.25, 0.3) is 0 Å². The number of esters is 1. The minimum Gasteiger partial charge on any atom is -0.477 e. The van der Waals surface area contributed by atoms with E-state index in [1.54, 1.807) is 24.3 Å². The molecule has 2 atom stereocenters. The minimum atomic E-state index is -1.36. The summed E-state index contributed by atoms with van der Waals surface area (Å²) in [6, 6.07) is 8.01. The summed E-state index contributed by atoms with van der Waals surface area (Å²) in [6.07, 6.45) is 0.0778. The number of β-lactam (4-membered cyclic amide) rings is 1. The summed E-state index contributed by atoms with van der Waals surface area (Å²) in [5.74, 6) is -2.71. The smallest absolute Gasteiger partial charge is 0.352 e. The van der Waals surface area contributed by atoms with E-state index in [1.165, 1.54) is 14.0 Å². The first-order valence-corrected chi connectivity index (χ1v) is 9.74. The second-order valence-corrected chi connectivity index (χ2v) is 7.66. The molecular weight excluding hydrogens is 400 g/mol. The molecule has 29 heavy (non-hydrogen) atoms. The van der Waals surface area contributed by atoms with Crippen LogP contribution in [0.4, 0.5) is 0 Å². The van der Waals surface area contributed by atoms with Gasteiger partial charge in [0.25, 0.3) is 5.91 Å². The summed E-state index contributed by atoms with van der Waals surface area (Å²) in [5.41, 5.74) is 0.782. The van der Waals surface area contributed by atoms with Gasteiger partial charge in [0.2, 0.25) is 11.0 Å². The highest BCUT2D eigenvalue weighted by atomic mass is 32.2. The molecule has 2 aliphatic heterocycles. The molecule has 1 aromatic carbocycles. The molecule has 2 N–H and O–H groups in total. The van der Waals surface area contributed by atoms with Crippen LogP contribution in [0, 0.1) is 0 Å². The molecule has 0 saturated carbocycles. The normalized spacial score (nSPS) is 23.2. The Morgan fingerprint density at radius 2 is 2.00 bits per heavy atom. The summed E-state index contributed by atoms with van der Waals surface area (Å²) in [7, 11) is 1.35. The predicted molar refractivity (Wildman–Crippen MR) is 102 cm³/mol. The standard InChI is InChI=1S/C19H20N2O7S/c1-11(22)28-9-13-10-29-19(27-2)16(17(24)21(19)15(13)18(25)26)20-14(23)8-12-6-4-3-5-7-12/h3-7,16H,8-10H2,1-2H3,(H,20,23)(H,25,26). The fraction of sp³-hybridized carbons (Fsp3) is 0.368. The highest BCUT2D eigenvalue weighted by Crippen LogP contribution is 2.50. The number of carbonyl (C=O) groups excluding carboxylic acids is 3. The Labute approximate surface area is 171 Å². The zero-order chi connectivity index (χ0) is 21.2. The van der Waals surface area contributed by atoms with Crippen molar-refractivity contribution in [3.05, 3.63) is 47.2 Å². The van der Waals surface area contributed by atoms with Gasteiger partial charge in [-0.15, -0.1) is 0 Å². The molecule has 154 valence electrons. The molecule has 0 aromatic heterocycles. The fourth-order valence-corrected chi connectivity index (χ4v) is 4.65. The van der Waals surface area contributed by atoms with Crippen molar-refractivity contribution in [2.75, 3.05) is 19.5 Å². The highest BCUT2D eigenvalue weighted by Gasteiger charge is 2.66. The lowest BCUT2D eigenvalue weighted by Gasteiger charge is -2.57. The van der Waals surface area contributed by atoms with Crippen LogP contribution in [0.5, 0.6) is 0 Å². The predicted octanol–water partition coefficient (Wildman–Crippen LogP) is 0.505. The lowest BCUT2D eigenvalue weighted by molar-refractivity contribution is -0.187. The zero-order valence-corrected chi connectivity index (χ0v) is 16.7. The van der Waals surface area contributed by atoms with E-state index in [0.29, 0.717) is 0 Å². The first kappa shape index (κ1) is 20.9. The second-order valence-electron chi connectivity index (χ2n) is 6.50. The van der Waals surface area contributed by atoms with Crippen LogP contribution in [0.15, 0.2) is 41.6 Å². The Hall–Kier alpha value is -2.85. The van der Waals surface area contributed by atoms with Gasteiger partial charge in [0, 0.05) is 25.4 Å². The molecule has 2 unspecified atom stereocenters. The van der Waals surface area contributed by atoms with E-state index in [-0.39, 0.29) is 36.0 Å². The van der Waals surface area contributed by atoms with Gasteiger partial charge in [-0.3, -0.25) is 19.3 Å². The van der Waals surface area contributed by atoms with Gasteiger partial charge in [0.05, 0.1) is 6.42 Å². The van der Waals surface area contributed by atoms with Crippen molar-refractivity contribution in [1.82, 2.24) is 10.2 Å². The topological polar surface area (TPSA) is 122 Å². The maximum absolute atomic E-state index is 12.8. The lowest BCUT2D eigenvalue weighted by Crippen LogP contribution is -2.79. The summed E-state index contributed by atoms with van der Waals surface area (Å²) in [5, 5.41) is 10.9. The average Bonchev–Trinajstić information content (AvgIpc) is 2.69. The number of methoxy groups -OCH3 is 1. The number of nitrogens with one attached hydrogen (secondary N) is 1. The number of aliphatic carboxylic acids is 1. The summed E-state index contributed by atoms with van der Waals surface area (Å²) in [4.78, 5) is 49.1. The third-order valence-corrected chi connectivity index (χ3v) is 6.10. The van der Waals surface area contributed by atoms with Crippen LogP contribution >= 0.6 is 11.8 Å². The molecule has 1 saturated heterocycles. The molecule has 0 bridgehead atoms. The molecule has 3 rings (SSSR count). The molecular formula is C19H20N2O7S. The van der Waals surface area contributed by atoms with Gasteiger partial charge < -0.3 is 19.9 Å². The van der Waals surface area contributed by atoms with E-state index in [1.807, 2.05) is 6.07 Å². The highest BCUT2D eigenvalue weighted by molar-refractivity contribution is 8.00. The number of hydrogen-bond donors (Lipinski definition) is 2. The number of rotatable bonds is 7. The molecule has 1 aromatic rings. The van der Waals surface area contributed by atoms with E-state index in [2.05, 4.69) is 5.32 Å². The number of carboxylic acid groups (broad SMARTS) is 1. The van der Waals surface area contributed by atoms with E-state index < -0.39 is 28.9 Å². The summed E-state index contributed by atoms with van der Waals surface area (Å²) in [6.45, 7) is 0.974. The van der Waals surface area contributed by atoms with Crippen LogP contribution < -0.4 is 5.32 Å². The largest absolute Gasteiger partial charge is 0.477 e. The van der Waals surface area contributed by atoms with Gasteiger partial charge in [0.15, 0.2) is 6.04 Å². The van der Waals surface area contributed by atoms with Gasteiger partial charge in [-0.05, 0) is 5.56 Å². The quantitative estimate of drug-likeness (QED) is 0.483. The van der Waals surface area contributed by atoms with Crippen LogP contribution in [-0.4, -0.2) is 64.3 Å². The van der Waals surface area contributed by atoms with Crippen LogP contribution in [0.3, 0.4) is 0 Å². The van der Waals surface area contributed by atoms with Crippen molar-refractivity contribution in [1.29, 1.82) is 0 Å². The van der Waals surface area contributed by atoms with E-state index in [4.69, 9.17) is 9.47 Å². The first-order chi connectivity index (χ1) is 13.8. The molecule has 9 nitrogen and oxygen atoms in total. The van der Waals surface area contributed by atoms with Crippen molar-refractivity contribution < 1.29 is 33.8 Å². The maximum atomic E-state index is 12.8. The van der Waals surface area contributed by atoms with Gasteiger partial charge in [-0.25, -0.2) is 4.79 Å². The third kappa shape index (κ3) is 3.85. The number of benzene rings is 1. The number of thioether (sulfide) groups is 1. The molecule has 2 amide bonds. The summed E-state index contributed by atoms with van der Waals surface area (Å²) >= 11 is 1.16. The molecule has 1 fully saturated rings. The third-order valence-electron chi connectivity index (χ3n) is 4.61. The maximum Gasteiger partial charge on any atom is 0.352 e. The van der Waals surface area contributed by atoms with Crippen molar-refractivity contribution in [3.63, 3.8) is 0 Å². The van der Waals surface area contributed by atoms with E-state index in [0.717, 1.165) is 22.2 Å². The Morgan fingerprint density at radius 1 is 1.31 bits per heavy atom. The number of nitrogens with zero attached hydrogens (tertiary/aromatic N) is 1. The SMILES string of the molecule is COC12SCC(COC(C)=O)=C(C(=O)O)N1C(=O)C2NC(=O)Cc1ccccc1. The lowest BCUT2D eigenvalue weighted by atomic mass is 9.99. The van der Waals surface area contributed by atoms with Crippen LogP contribution in [0.1, 0.15) is 12.5 Å². The molecule has 2 aliphatic rings. The number of carbonyl (C=O) groups is 4. The van der Waals surface area contributed by atoms with Crippen molar-refractivity contribution in [3.8, 4) is 0 Å². The van der Waals surface area contributed by atoms with Crippen molar-refractivity contribution in [2.24, 2.45) is 0 Å². The van der Waals surface area contributed by atoms with Gasteiger partial charge >= 0.3 is 11.9 Å². The Balaban J connectivity index is 1.81. The molecule has 0 radical (unpaired) electrons. The average molecular weight is 420 g/mol. The molecule has 0 spiro atoms. The van der Waals surface area contributed by atoms with E-state index >= 15 is 0 Å². The summed E-state index contributed by atoms with van der Waals surface area (Å²) < 4.78 is 10.4. The number of amides is 2. The van der Waals surface area contributed by atoms with Gasteiger partial charge in [0.1, 0.15) is 12.3 Å². The minimum absolute atomic E-state index is 0.0778. The monoisotopic (exact) mass is 420 g/mol. The number of hydrogen-bond acceptors (Lipinski definition) is 7. The van der Waals surface area contributed by atoms with Crippen molar-refractivity contribution in [2.45, 2.75) is 24.4 Å².